The second kappa shape index (κ2) is 4.94. The number of hydrogen-bond donors (Lipinski definition) is 0. The number of Topliss-reactive ketones (excluding diaryl/α,β-unsaturated/α-hetero) is 1. The fraction of sp³-hybridized carbons (Fsp3) is 0.462. The molecule has 0 aliphatic carbocycles. The molecule has 0 saturated carbocycles. The van der Waals surface area contributed by atoms with Gasteiger partial charge in [0.2, 0.25) is 0 Å². The third kappa shape index (κ3) is 2.99. The molecular formula is C13H18O. The van der Waals surface area contributed by atoms with E-state index in [0.717, 1.165) is 12.0 Å². The molecule has 1 heteroatoms. The highest BCUT2D eigenvalue weighted by atomic mass is 16.1. The third-order valence-corrected chi connectivity index (χ3v) is 2.42. The van der Waals surface area contributed by atoms with Crippen molar-refractivity contribution < 1.29 is 4.79 Å². The highest BCUT2D eigenvalue weighted by Gasteiger charge is 2.07. The summed E-state index contributed by atoms with van der Waals surface area (Å²) < 4.78 is 0. The molecule has 1 aromatic carbocycles. The molecule has 0 heterocycles. The minimum Gasteiger partial charge on any atom is -0.299 e. The second-order valence-corrected chi connectivity index (χ2v) is 3.97. The first-order valence-corrected chi connectivity index (χ1v) is 5.24. The molecule has 0 fully saturated rings. The summed E-state index contributed by atoms with van der Waals surface area (Å²) in [6.45, 7) is 6.03. The van der Waals surface area contributed by atoms with Crippen molar-refractivity contribution in [2.75, 3.05) is 0 Å². The Morgan fingerprint density at radius 2 is 1.93 bits per heavy atom. The van der Waals surface area contributed by atoms with Crippen LogP contribution < -0.4 is 0 Å². The molecule has 0 amide bonds. The molecule has 0 saturated heterocycles. The number of aryl methyl sites for hydroxylation is 1. The summed E-state index contributed by atoms with van der Waals surface area (Å²) in [5.41, 5.74) is 2.45. The molecule has 0 aliphatic rings. The zero-order valence-electron chi connectivity index (χ0n) is 9.21. The van der Waals surface area contributed by atoms with E-state index in [9.17, 15) is 4.79 Å². The topological polar surface area (TPSA) is 17.1 Å². The Balaban J connectivity index is 2.72. The Morgan fingerprint density at radius 3 is 2.50 bits per heavy atom. The summed E-state index contributed by atoms with van der Waals surface area (Å²) >= 11 is 0. The number of hydrogen-bond acceptors (Lipinski definition) is 1. The summed E-state index contributed by atoms with van der Waals surface area (Å²) in [5, 5.41) is 0. The summed E-state index contributed by atoms with van der Waals surface area (Å²) in [6.07, 6.45) is 1.61. The summed E-state index contributed by atoms with van der Waals surface area (Å²) in [6, 6.07) is 8.28. The lowest BCUT2D eigenvalue weighted by molar-refractivity contribution is -0.121. The van der Waals surface area contributed by atoms with Crippen LogP contribution in [0.1, 0.15) is 31.9 Å². The van der Waals surface area contributed by atoms with Crippen LogP contribution in [0.2, 0.25) is 0 Å². The van der Waals surface area contributed by atoms with Crippen molar-refractivity contribution in [3.8, 4) is 0 Å². The Kier molecular flexibility index (Phi) is 3.87. The average molecular weight is 190 g/mol. The van der Waals surface area contributed by atoms with Crippen molar-refractivity contribution in [1.82, 2.24) is 0 Å². The number of carbonyl (C=O) groups excluding carboxylic acids is 1. The SMILES string of the molecule is CCc1cccc(CC(=O)C(C)C)c1. The van der Waals surface area contributed by atoms with Gasteiger partial charge in [0.25, 0.3) is 0 Å². The fourth-order valence-electron chi connectivity index (χ4n) is 1.36. The van der Waals surface area contributed by atoms with Crippen LogP contribution in [0.3, 0.4) is 0 Å². The van der Waals surface area contributed by atoms with E-state index in [4.69, 9.17) is 0 Å². The van der Waals surface area contributed by atoms with Gasteiger partial charge < -0.3 is 0 Å². The van der Waals surface area contributed by atoms with Gasteiger partial charge in [0.15, 0.2) is 0 Å². The van der Waals surface area contributed by atoms with Crippen molar-refractivity contribution in [2.45, 2.75) is 33.6 Å². The predicted octanol–water partition coefficient (Wildman–Crippen LogP) is 3.02. The van der Waals surface area contributed by atoms with E-state index in [1.807, 2.05) is 26.0 Å². The van der Waals surface area contributed by atoms with Crippen LogP contribution in [-0.2, 0) is 17.6 Å². The molecule has 1 aromatic rings. The Labute approximate surface area is 86.1 Å². The van der Waals surface area contributed by atoms with E-state index in [1.54, 1.807) is 0 Å². The van der Waals surface area contributed by atoms with Crippen LogP contribution in [0.5, 0.6) is 0 Å². The standard InChI is InChI=1S/C13H18O/c1-4-11-6-5-7-12(8-11)9-13(14)10(2)3/h5-8,10H,4,9H2,1-3H3. The smallest absolute Gasteiger partial charge is 0.139 e. The maximum Gasteiger partial charge on any atom is 0.139 e. The molecule has 0 N–H and O–H groups in total. The number of carbonyl (C=O) groups is 1. The van der Waals surface area contributed by atoms with E-state index in [0.29, 0.717) is 12.2 Å². The molecule has 0 atom stereocenters. The monoisotopic (exact) mass is 190 g/mol. The average Bonchev–Trinajstić information content (AvgIpc) is 2.18. The van der Waals surface area contributed by atoms with Gasteiger partial charge in [0.05, 0.1) is 0 Å². The Bertz CT molecular complexity index is 313. The number of benzene rings is 1. The predicted molar refractivity (Wildman–Crippen MR) is 59.4 cm³/mol. The number of ketones is 1. The summed E-state index contributed by atoms with van der Waals surface area (Å²) in [7, 11) is 0. The van der Waals surface area contributed by atoms with E-state index in [-0.39, 0.29) is 5.92 Å². The first-order chi connectivity index (χ1) is 6.63. The zero-order valence-corrected chi connectivity index (χ0v) is 9.21. The lowest BCUT2D eigenvalue weighted by Gasteiger charge is -2.05. The van der Waals surface area contributed by atoms with Gasteiger partial charge in [-0.05, 0) is 17.5 Å². The van der Waals surface area contributed by atoms with Crippen LogP contribution in [-0.4, -0.2) is 5.78 Å². The van der Waals surface area contributed by atoms with Gasteiger partial charge in [-0.1, -0.05) is 45.0 Å². The Morgan fingerprint density at radius 1 is 1.29 bits per heavy atom. The largest absolute Gasteiger partial charge is 0.299 e. The van der Waals surface area contributed by atoms with Crippen LogP contribution >= 0.6 is 0 Å². The molecule has 1 rings (SSSR count). The summed E-state index contributed by atoms with van der Waals surface area (Å²) in [5.74, 6) is 0.457. The first-order valence-electron chi connectivity index (χ1n) is 5.24. The van der Waals surface area contributed by atoms with Crippen LogP contribution in [0.15, 0.2) is 24.3 Å². The molecule has 1 nitrogen and oxygen atoms in total. The fourth-order valence-corrected chi connectivity index (χ4v) is 1.36. The molecule has 0 spiro atoms. The van der Waals surface area contributed by atoms with Gasteiger partial charge in [-0.3, -0.25) is 4.79 Å². The first kappa shape index (κ1) is 11.0. The summed E-state index contributed by atoms with van der Waals surface area (Å²) in [4.78, 5) is 11.5. The highest BCUT2D eigenvalue weighted by Crippen LogP contribution is 2.09. The molecule has 14 heavy (non-hydrogen) atoms. The van der Waals surface area contributed by atoms with Crippen LogP contribution in [0, 0.1) is 5.92 Å². The third-order valence-electron chi connectivity index (χ3n) is 2.42. The van der Waals surface area contributed by atoms with Crippen molar-refractivity contribution in [3.05, 3.63) is 35.4 Å². The van der Waals surface area contributed by atoms with E-state index < -0.39 is 0 Å². The highest BCUT2D eigenvalue weighted by molar-refractivity contribution is 5.82. The maximum absolute atomic E-state index is 11.5. The van der Waals surface area contributed by atoms with E-state index in [2.05, 4.69) is 19.1 Å². The van der Waals surface area contributed by atoms with Gasteiger partial charge in [-0.2, -0.15) is 0 Å². The van der Waals surface area contributed by atoms with Gasteiger partial charge in [-0.15, -0.1) is 0 Å². The van der Waals surface area contributed by atoms with Crippen molar-refractivity contribution in [2.24, 2.45) is 5.92 Å². The Hall–Kier alpha value is -1.11. The normalized spacial score (nSPS) is 10.6. The zero-order chi connectivity index (χ0) is 10.6. The molecule has 0 aromatic heterocycles. The van der Waals surface area contributed by atoms with Crippen molar-refractivity contribution in [1.29, 1.82) is 0 Å². The van der Waals surface area contributed by atoms with Crippen LogP contribution in [0.25, 0.3) is 0 Å². The van der Waals surface area contributed by atoms with Gasteiger partial charge in [0.1, 0.15) is 5.78 Å². The van der Waals surface area contributed by atoms with E-state index in [1.165, 1.54) is 5.56 Å². The minimum absolute atomic E-state index is 0.139. The minimum atomic E-state index is 0.139. The van der Waals surface area contributed by atoms with Crippen molar-refractivity contribution in [3.63, 3.8) is 0 Å². The lowest BCUT2D eigenvalue weighted by Crippen LogP contribution is -2.10. The van der Waals surface area contributed by atoms with Gasteiger partial charge in [0, 0.05) is 12.3 Å². The molecule has 0 radical (unpaired) electrons. The molecular weight excluding hydrogens is 172 g/mol. The molecule has 0 bridgehead atoms. The quantitative estimate of drug-likeness (QED) is 0.713. The lowest BCUT2D eigenvalue weighted by atomic mass is 9.99. The molecule has 76 valence electrons. The van der Waals surface area contributed by atoms with Crippen molar-refractivity contribution >= 4 is 5.78 Å². The maximum atomic E-state index is 11.5. The van der Waals surface area contributed by atoms with Gasteiger partial charge in [-0.25, -0.2) is 0 Å². The van der Waals surface area contributed by atoms with E-state index >= 15 is 0 Å². The molecule has 0 unspecified atom stereocenters. The van der Waals surface area contributed by atoms with Crippen LogP contribution in [0.4, 0.5) is 0 Å². The molecule has 0 aliphatic heterocycles. The second-order valence-electron chi connectivity index (χ2n) is 3.97. The van der Waals surface area contributed by atoms with Gasteiger partial charge >= 0.3 is 0 Å². The number of rotatable bonds is 4.